The first-order chi connectivity index (χ1) is 7.75. The Morgan fingerprint density at radius 3 is 1.61 bits per heavy atom. The van der Waals surface area contributed by atoms with Crippen molar-refractivity contribution >= 4 is 30.1 Å². The van der Waals surface area contributed by atoms with Gasteiger partial charge in [-0.2, -0.15) is 0 Å². The molecule has 0 bridgehead atoms. The fraction of sp³-hybridized carbons (Fsp3) is 0.900. The van der Waals surface area contributed by atoms with E-state index in [9.17, 15) is 9.36 Å². The van der Waals surface area contributed by atoms with E-state index in [0.717, 1.165) is 0 Å². The van der Waals surface area contributed by atoms with Crippen LogP contribution in [0.15, 0.2) is 0 Å². The molecule has 0 rings (SSSR count). The molecule has 0 spiro atoms. The number of amides is 1. The van der Waals surface area contributed by atoms with Gasteiger partial charge in [0.2, 0.25) is 5.91 Å². The Hall–Kier alpha value is 0.0538. The summed E-state index contributed by atoms with van der Waals surface area (Å²) in [6.07, 6.45) is 0. The van der Waals surface area contributed by atoms with Gasteiger partial charge in [-0.3, -0.25) is 9.36 Å². The Morgan fingerprint density at radius 1 is 1.06 bits per heavy atom. The zero-order chi connectivity index (χ0) is 14.8. The summed E-state index contributed by atoms with van der Waals surface area (Å²) in [5.41, 5.74) is 0. The molecule has 1 atom stereocenters. The zero-order valence-electron chi connectivity index (χ0n) is 12.7. The molecule has 18 heavy (non-hydrogen) atoms. The second kappa shape index (κ2) is 6.01. The van der Waals surface area contributed by atoms with Crippen LogP contribution in [0, 0.1) is 0 Å². The zero-order valence-corrected chi connectivity index (χ0v) is 15.6. The van der Waals surface area contributed by atoms with Gasteiger partial charge in [-0.25, -0.2) is 0 Å². The van der Waals surface area contributed by atoms with Gasteiger partial charge in [0, 0.05) is 6.92 Å². The molecule has 8 heteroatoms. The second-order valence-electron chi connectivity index (χ2n) is 6.32. The predicted molar refractivity (Wildman–Crippen MR) is 79.7 cm³/mol. The number of carbonyl (C=O) groups is 1. The summed E-state index contributed by atoms with van der Waals surface area (Å²) >= 11 is 0. The summed E-state index contributed by atoms with van der Waals surface area (Å²) in [5.74, 6) is -0.852. The van der Waals surface area contributed by atoms with Crippen LogP contribution in [0.3, 0.4) is 0 Å². The lowest BCUT2D eigenvalue weighted by atomic mass is 10.6. The first-order valence-corrected chi connectivity index (χ1v) is 14.5. The molecule has 0 aromatic heterocycles. The van der Waals surface area contributed by atoms with Crippen LogP contribution < -0.4 is 5.32 Å². The minimum absolute atomic E-state index is 0.235. The molecule has 108 valence electrons. The standard InChI is InChI=1S/C10H26NO4PSi2/c1-9(12)11-10(2)16(13,14-17(3,4)5)15-18(6,7)8/h10H,1-8H3,(H,11,12). The Labute approximate surface area is 112 Å². The molecule has 0 aliphatic rings. The van der Waals surface area contributed by atoms with Crippen LogP contribution in [0.1, 0.15) is 13.8 Å². The van der Waals surface area contributed by atoms with Gasteiger partial charge >= 0.3 is 7.60 Å². The van der Waals surface area contributed by atoms with E-state index >= 15 is 0 Å². The molecule has 0 aromatic rings. The third kappa shape index (κ3) is 7.48. The van der Waals surface area contributed by atoms with Gasteiger partial charge in [0.25, 0.3) is 0 Å². The molecule has 1 N–H and O–H groups in total. The quantitative estimate of drug-likeness (QED) is 0.603. The van der Waals surface area contributed by atoms with Crippen LogP contribution in [-0.4, -0.2) is 28.3 Å². The van der Waals surface area contributed by atoms with E-state index in [2.05, 4.69) is 5.32 Å². The fourth-order valence-electron chi connectivity index (χ4n) is 1.31. The lowest BCUT2D eigenvalue weighted by molar-refractivity contribution is -0.119. The van der Waals surface area contributed by atoms with E-state index in [-0.39, 0.29) is 5.91 Å². The number of carbonyl (C=O) groups excluding carboxylic acids is 1. The molecule has 1 unspecified atom stereocenters. The van der Waals surface area contributed by atoms with Gasteiger partial charge in [-0.1, -0.05) is 0 Å². The maximum Gasteiger partial charge on any atom is 0.333 e. The molecule has 0 radical (unpaired) electrons. The van der Waals surface area contributed by atoms with Crippen molar-refractivity contribution in [3.63, 3.8) is 0 Å². The average Bonchev–Trinajstić information content (AvgIpc) is 1.93. The molecule has 1 amide bonds. The van der Waals surface area contributed by atoms with Crippen molar-refractivity contribution in [3.05, 3.63) is 0 Å². The lowest BCUT2D eigenvalue weighted by Gasteiger charge is -2.34. The molecule has 0 heterocycles. The van der Waals surface area contributed by atoms with Gasteiger partial charge < -0.3 is 13.7 Å². The molecule has 0 saturated carbocycles. The van der Waals surface area contributed by atoms with Crippen molar-refractivity contribution in [1.82, 2.24) is 5.32 Å². The van der Waals surface area contributed by atoms with E-state index < -0.39 is 30.0 Å². The number of hydrogen-bond donors (Lipinski definition) is 1. The smallest absolute Gasteiger partial charge is 0.333 e. The predicted octanol–water partition coefficient (Wildman–Crippen LogP) is 3.36. The van der Waals surface area contributed by atoms with Crippen molar-refractivity contribution in [2.45, 2.75) is 58.9 Å². The highest BCUT2D eigenvalue weighted by molar-refractivity contribution is 7.57. The first-order valence-electron chi connectivity index (χ1n) is 6.03. The Bertz CT molecular complexity index is 329. The summed E-state index contributed by atoms with van der Waals surface area (Å²) in [6.45, 7) is 14.8. The SMILES string of the molecule is CC(=O)NC(C)P(=O)(O[Si](C)(C)C)O[Si](C)(C)C. The largest absolute Gasteiger partial charge is 0.350 e. The fourth-order valence-corrected chi connectivity index (χ4v) is 9.51. The van der Waals surface area contributed by atoms with Crippen LogP contribution in [0.25, 0.3) is 0 Å². The molecular weight excluding hydrogens is 285 g/mol. The Balaban J connectivity index is 5.15. The minimum Gasteiger partial charge on any atom is -0.350 e. The monoisotopic (exact) mass is 311 g/mol. The third-order valence-corrected chi connectivity index (χ3v) is 9.18. The minimum atomic E-state index is -3.32. The maximum atomic E-state index is 12.9. The summed E-state index contributed by atoms with van der Waals surface area (Å²) in [5, 5.41) is 2.62. The maximum absolute atomic E-state index is 12.9. The molecule has 0 saturated heterocycles. The van der Waals surface area contributed by atoms with E-state index in [1.807, 2.05) is 39.3 Å². The van der Waals surface area contributed by atoms with Crippen molar-refractivity contribution in [2.24, 2.45) is 0 Å². The van der Waals surface area contributed by atoms with E-state index in [0.29, 0.717) is 0 Å². The van der Waals surface area contributed by atoms with Gasteiger partial charge in [0.05, 0.1) is 0 Å². The molecule has 0 aromatic carbocycles. The molecule has 0 aliphatic heterocycles. The Kier molecular flexibility index (Phi) is 6.02. The molecular formula is C10H26NO4PSi2. The van der Waals surface area contributed by atoms with Gasteiger partial charge in [0.15, 0.2) is 16.6 Å². The van der Waals surface area contributed by atoms with Crippen molar-refractivity contribution in [3.8, 4) is 0 Å². The first kappa shape index (κ1) is 18.1. The topological polar surface area (TPSA) is 64.6 Å². The van der Waals surface area contributed by atoms with Crippen LogP contribution in [-0.2, 0) is 17.8 Å². The summed E-state index contributed by atoms with van der Waals surface area (Å²) in [6, 6.07) is 0. The van der Waals surface area contributed by atoms with Crippen molar-refractivity contribution in [1.29, 1.82) is 0 Å². The van der Waals surface area contributed by atoms with E-state index in [4.69, 9.17) is 8.43 Å². The molecule has 0 aliphatic carbocycles. The number of nitrogens with one attached hydrogen (secondary N) is 1. The van der Waals surface area contributed by atoms with Gasteiger partial charge in [-0.05, 0) is 46.2 Å². The second-order valence-corrected chi connectivity index (χ2v) is 18.1. The third-order valence-electron chi connectivity index (χ3n) is 1.69. The normalized spacial score (nSPS) is 15.3. The Morgan fingerprint density at radius 2 is 1.39 bits per heavy atom. The summed E-state index contributed by atoms with van der Waals surface area (Å²) in [7, 11) is -7.36. The summed E-state index contributed by atoms with van der Waals surface area (Å²) < 4.78 is 24.4. The van der Waals surface area contributed by atoms with E-state index in [1.54, 1.807) is 6.92 Å². The summed E-state index contributed by atoms with van der Waals surface area (Å²) in [4.78, 5) is 11.1. The van der Waals surface area contributed by atoms with Crippen LogP contribution >= 0.6 is 7.60 Å². The highest BCUT2D eigenvalue weighted by Crippen LogP contribution is 2.56. The van der Waals surface area contributed by atoms with Crippen LogP contribution in [0.5, 0.6) is 0 Å². The number of hydrogen-bond acceptors (Lipinski definition) is 4. The highest BCUT2D eigenvalue weighted by Gasteiger charge is 2.41. The van der Waals surface area contributed by atoms with Crippen LogP contribution in [0.2, 0.25) is 39.3 Å². The average molecular weight is 311 g/mol. The van der Waals surface area contributed by atoms with Crippen molar-refractivity contribution in [2.75, 3.05) is 0 Å². The molecule has 0 fully saturated rings. The van der Waals surface area contributed by atoms with Crippen LogP contribution in [0.4, 0.5) is 0 Å². The van der Waals surface area contributed by atoms with E-state index in [1.165, 1.54) is 6.92 Å². The van der Waals surface area contributed by atoms with Crippen molar-refractivity contribution < 1.29 is 17.8 Å². The number of rotatable bonds is 6. The lowest BCUT2D eigenvalue weighted by Crippen LogP contribution is -2.38. The van der Waals surface area contributed by atoms with Gasteiger partial charge in [-0.15, -0.1) is 0 Å². The highest BCUT2D eigenvalue weighted by atomic mass is 31.2. The van der Waals surface area contributed by atoms with Gasteiger partial charge in [0.1, 0.15) is 5.78 Å². The molecule has 5 nitrogen and oxygen atoms in total.